The van der Waals surface area contributed by atoms with Crippen LogP contribution < -0.4 is 20.7 Å². The van der Waals surface area contributed by atoms with E-state index in [1.165, 1.54) is 24.3 Å². The number of nitrogens with one attached hydrogen (secondary N) is 3. The third kappa shape index (κ3) is 5.27. The molecule has 0 aliphatic rings. The van der Waals surface area contributed by atoms with Crippen LogP contribution in [-0.2, 0) is 6.54 Å². The molecule has 3 amide bonds. The second-order valence-corrected chi connectivity index (χ2v) is 6.52. The van der Waals surface area contributed by atoms with Gasteiger partial charge in [-0.1, -0.05) is 12.1 Å². The van der Waals surface area contributed by atoms with E-state index in [9.17, 15) is 14.0 Å². The van der Waals surface area contributed by atoms with Crippen LogP contribution in [0.4, 0.5) is 20.0 Å². The van der Waals surface area contributed by atoms with Crippen LogP contribution in [0.1, 0.15) is 16.1 Å². The lowest BCUT2D eigenvalue weighted by molar-refractivity contribution is 0.0946. The third-order valence-electron chi connectivity index (χ3n) is 3.65. The van der Waals surface area contributed by atoms with Crippen molar-refractivity contribution in [2.24, 2.45) is 0 Å². The first-order valence-corrected chi connectivity index (χ1v) is 9.11. The van der Waals surface area contributed by atoms with E-state index in [0.29, 0.717) is 18.0 Å². The molecule has 0 fully saturated rings. The van der Waals surface area contributed by atoms with Crippen molar-refractivity contribution >= 4 is 34.1 Å². The van der Waals surface area contributed by atoms with E-state index in [-0.39, 0.29) is 16.7 Å². The molecular weight excluding hydrogens is 383 g/mol. The maximum absolute atomic E-state index is 12.9. The monoisotopic (exact) mass is 400 g/mol. The van der Waals surface area contributed by atoms with E-state index in [0.717, 1.165) is 16.9 Å². The van der Waals surface area contributed by atoms with Gasteiger partial charge in [0.2, 0.25) is 0 Å². The van der Waals surface area contributed by atoms with Gasteiger partial charge in [-0.25, -0.2) is 14.2 Å². The van der Waals surface area contributed by atoms with Crippen molar-refractivity contribution in [3.63, 3.8) is 0 Å². The predicted octanol–water partition coefficient (Wildman–Crippen LogP) is 3.86. The number of nitrogens with zero attached hydrogens (tertiary/aromatic N) is 1. The lowest BCUT2D eigenvalue weighted by atomic mass is 10.2. The molecule has 1 aromatic heterocycles. The zero-order valence-electron chi connectivity index (χ0n) is 14.9. The topological polar surface area (TPSA) is 92.4 Å². The summed E-state index contributed by atoms with van der Waals surface area (Å²) in [5, 5.41) is 9.67. The molecule has 144 valence electrons. The quantitative estimate of drug-likeness (QED) is 0.586. The molecule has 3 aromatic rings. The van der Waals surface area contributed by atoms with Gasteiger partial charge >= 0.3 is 6.03 Å². The SMILES string of the molecule is COc1cccc(CNC(=O)c2csc(NC(=O)Nc3ccc(F)cc3)n2)c1. The number of methoxy groups -OCH3 is 1. The number of hydrogen-bond acceptors (Lipinski definition) is 5. The largest absolute Gasteiger partial charge is 0.497 e. The zero-order chi connectivity index (χ0) is 19.9. The number of rotatable bonds is 6. The van der Waals surface area contributed by atoms with E-state index in [4.69, 9.17) is 4.74 Å². The van der Waals surface area contributed by atoms with E-state index >= 15 is 0 Å². The molecular formula is C19H17FN4O3S. The van der Waals surface area contributed by atoms with Crippen LogP contribution in [0.3, 0.4) is 0 Å². The molecule has 0 saturated heterocycles. The summed E-state index contributed by atoms with van der Waals surface area (Å²) >= 11 is 1.12. The van der Waals surface area contributed by atoms with Gasteiger partial charge < -0.3 is 15.4 Å². The first-order valence-electron chi connectivity index (χ1n) is 8.24. The van der Waals surface area contributed by atoms with E-state index in [1.54, 1.807) is 12.5 Å². The van der Waals surface area contributed by atoms with Crippen molar-refractivity contribution in [2.45, 2.75) is 6.54 Å². The number of aromatic nitrogens is 1. The smallest absolute Gasteiger partial charge is 0.325 e. The number of ether oxygens (including phenoxy) is 1. The van der Waals surface area contributed by atoms with E-state index in [1.807, 2.05) is 24.3 Å². The molecule has 0 spiro atoms. The zero-order valence-corrected chi connectivity index (χ0v) is 15.7. The number of carbonyl (C=O) groups excluding carboxylic acids is 2. The average Bonchev–Trinajstić information content (AvgIpc) is 3.16. The number of urea groups is 1. The van der Waals surface area contributed by atoms with Crippen LogP contribution in [-0.4, -0.2) is 24.0 Å². The summed E-state index contributed by atoms with van der Waals surface area (Å²) in [6.07, 6.45) is 0. The molecule has 3 rings (SSSR count). The van der Waals surface area contributed by atoms with Gasteiger partial charge in [0.25, 0.3) is 5.91 Å². The Morgan fingerprint density at radius 3 is 2.68 bits per heavy atom. The highest BCUT2D eigenvalue weighted by atomic mass is 32.1. The molecule has 0 radical (unpaired) electrons. The van der Waals surface area contributed by atoms with Crippen molar-refractivity contribution in [2.75, 3.05) is 17.7 Å². The fraction of sp³-hybridized carbons (Fsp3) is 0.105. The van der Waals surface area contributed by atoms with Crippen LogP contribution in [0.2, 0.25) is 0 Å². The molecule has 7 nitrogen and oxygen atoms in total. The lowest BCUT2D eigenvalue weighted by Crippen LogP contribution is -2.23. The van der Waals surface area contributed by atoms with Crippen molar-refractivity contribution in [3.8, 4) is 5.75 Å². The van der Waals surface area contributed by atoms with Crippen LogP contribution in [0.15, 0.2) is 53.9 Å². The Kier molecular flexibility index (Phi) is 6.18. The first kappa shape index (κ1) is 19.3. The Hall–Kier alpha value is -3.46. The maximum Gasteiger partial charge on any atom is 0.325 e. The number of halogens is 1. The molecule has 9 heteroatoms. The summed E-state index contributed by atoms with van der Waals surface area (Å²) in [6.45, 7) is 0.321. The Bertz CT molecular complexity index is 975. The number of thiazole rings is 1. The molecule has 3 N–H and O–H groups in total. The highest BCUT2D eigenvalue weighted by Crippen LogP contribution is 2.17. The Morgan fingerprint density at radius 2 is 1.93 bits per heavy atom. The average molecular weight is 400 g/mol. The van der Waals surface area contributed by atoms with Crippen LogP contribution in [0.5, 0.6) is 5.75 Å². The molecule has 1 heterocycles. The van der Waals surface area contributed by atoms with Crippen LogP contribution in [0, 0.1) is 5.82 Å². The number of benzene rings is 2. The van der Waals surface area contributed by atoms with Gasteiger partial charge in [0, 0.05) is 17.6 Å². The van der Waals surface area contributed by atoms with Gasteiger partial charge in [-0.3, -0.25) is 10.1 Å². The van der Waals surface area contributed by atoms with Gasteiger partial charge in [-0.15, -0.1) is 11.3 Å². The fourth-order valence-electron chi connectivity index (χ4n) is 2.28. The molecule has 0 atom stereocenters. The highest BCUT2D eigenvalue weighted by Gasteiger charge is 2.12. The number of anilines is 2. The van der Waals surface area contributed by atoms with Crippen molar-refractivity contribution in [3.05, 3.63) is 71.0 Å². The molecule has 0 aliphatic heterocycles. The molecule has 2 aromatic carbocycles. The summed E-state index contributed by atoms with van der Waals surface area (Å²) in [4.78, 5) is 28.3. The van der Waals surface area contributed by atoms with Gasteiger partial charge in [-0.2, -0.15) is 0 Å². The van der Waals surface area contributed by atoms with Crippen LogP contribution >= 0.6 is 11.3 Å². The molecule has 0 saturated carbocycles. The van der Waals surface area contributed by atoms with Gasteiger partial charge in [0.1, 0.15) is 17.3 Å². The van der Waals surface area contributed by atoms with Gasteiger partial charge in [-0.05, 0) is 42.0 Å². The number of amides is 3. The summed E-state index contributed by atoms with van der Waals surface area (Å²) in [6, 6.07) is 12.2. The molecule has 0 bridgehead atoms. The molecule has 0 aliphatic carbocycles. The second-order valence-electron chi connectivity index (χ2n) is 5.66. The number of carbonyl (C=O) groups is 2. The van der Waals surface area contributed by atoms with Gasteiger partial charge in [0.15, 0.2) is 5.13 Å². The molecule has 0 unspecified atom stereocenters. The Morgan fingerprint density at radius 1 is 1.14 bits per heavy atom. The van der Waals surface area contributed by atoms with Crippen LogP contribution in [0.25, 0.3) is 0 Å². The fourth-order valence-corrected chi connectivity index (χ4v) is 2.97. The minimum atomic E-state index is -0.538. The van der Waals surface area contributed by atoms with Crippen molar-refractivity contribution in [1.82, 2.24) is 10.3 Å². The first-order chi connectivity index (χ1) is 13.5. The van der Waals surface area contributed by atoms with Gasteiger partial charge in [0.05, 0.1) is 7.11 Å². The summed E-state index contributed by atoms with van der Waals surface area (Å²) in [5.74, 6) is -0.0411. The number of hydrogen-bond donors (Lipinski definition) is 3. The normalized spacial score (nSPS) is 10.2. The minimum absolute atomic E-state index is 0.199. The third-order valence-corrected chi connectivity index (χ3v) is 4.40. The summed E-state index contributed by atoms with van der Waals surface area (Å²) in [5.41, 5.74) is 1.52. The molecule has 28 heavy (non-hydrogen) atoms. The maximum atomic E-state index is 12.9. The second kappa shape index (κ2) is 8.96. The lowest BCUT2D eigenvalue weighted by Gasteiger charge is -2.06. The standard InChI is InChI=1S/C19H17FN4O3S/c1-27-15-4-2-3-12(9-15)10-21-17(25)16-11-28-19(23-16)24-18(26)22-14-7-5-13(20)6-8-14/h2-9,11H,10H2,1H3,(H,21,25)(H2,22,23,24,26). The summed E-state index contributed by atoms with van der Waals surface area (Å²) < 4.78 is 18.0. The summed E-state index contributed by atoms with van der Waals surface area (Å²) in [7, 11) is 1.58. The Balaban J connectivity index is 1.53. The predicted molar refractivity (Wildman–Crippen MR) is 105 cm³/mol. The van der Waals surface area contributed by atoms with Crippen molar-refractivity contribution < 1.29 is 18.7 Å². The van der Waals surface area contributed by atoms with Crippen molar-refractivity contribution in [1.29, 1.82) is 0 Å². The highest BCUT2D eigenvalue weighted by molar-refractivity contribution is 7.14. The Labute approximate surface area is 164 Å². The minimum Gasteiger partial charge on any atom is -0.497 e. The van der Waals surface area contributed by atoms with E-state index < -0.39 is 11.8 Å². The van der Waals surface area contributed by atoms with E-state index in [2.05, 4.69) is 20.9 Å².